The van der Waals surface area contributed by atoms with Crippen molar-refractivity contribution in [2.75, 3.05) is 25.3 Å². The predicted molar refractivity (Wildman–Crippen MR) is 68.8 cm³/mol. The fourth-order valence-corrected chi connectivity index (χ4v) is 1.73. The lowest BCUT2D eigenvalue weighted by Crippen LogP contribution is -2.30. The van der Waals surface area contributed by atoms with Gasteiger partial charge in [-0.05, 0) is 32.4 Å². The molecule has 1 aliphatic heterocycles. The first kappa shape index (κ1) is 13.1. The molecule has 0 aromatic carbocycles. The molecule has 1 atom stereocenters. The molecule has 0 spiro atoms. The van der Waals surface area contributed by atoms with Gasteiger partial charge >= 0.3 is 0 Å². The highest BCUT2D eigenvalue weighted by Gasteiger charge is 2.15. The molecule has 0 saturated carbocycles. The number of hydrogen-bond acceptors (Lipinski definition) is 5. The Morgan fingerprint density at radius 3 is 3.17 bits per heavy atom. The first-order valence-corrected chi connectivity index (χ1v) is 6.30. The molecule has 1 unspecified atom stereocenters. The molecule has 5 nitrogen and oxygen atoms in total. The van der Waals surface area contributed by atoms with Gasteiger partial charge in [0.25, 0.3) is 0 Å². The molecule has 1 N–H and O–H groups in total. The molecule has 5 heteroatoms. The highest BCUT2D eigenvalue weighted by atomic mass is 16.7. The Morgan fingerprint density at radius 2 is 2.44 bits per heavy atom. The van der Waals surface area contributed by atoms with E-state index < -0.39 is 0 Å². The van der Waals surface area contributed by atoms with Crippen molar-refractivity contribution >= 4 is 5.69 Å². The Labute approximate surface area is 107 Å². The van der Waals surface area contributed by atoms with Crippen LogP contribution in [0.3, 0.4) is 0 Å². The van der Waals surface area contributed by atoms with E-state index in [1.54, 1.807) is 6.20 Å². The lowest BCUT2D eigenvalue weighted by atomic mass is 10.2. The zero-order valence-electron chi connectivity index (χ0n) is 10.9. The fraction of sp³-hybridized carbons (Fsp3) is 0.615. The Kier molecular flexibility index (Phi) is 4.78. The molecule has 0 bridgehead atoms. The van der Waals surface area contributed by atoms with Gasteiger partial charge in [0, 0.05) is 12.7 Å². The SMILES string of the molecule is CC(C)Oc1ncccc1NCC1CCOCO1. The molecule has 1 aromatic heterocycles. The van der Waals surface area contributed by atoms with Gasteiger partial charge < -0.3 is 19.5 Å². The summed E-state index contributed by atoms with van der Waals surface area (Å²) in [4.78, 5) is 4.23. The van der Waals surface area contributed by atoms with E-state index in [9.17, 15) is 0 Å². The van der Waals surface area contributed by atoms with Crippen molar-refractivity contribution in [1.29, 1.82) is 0 Å². The molecule has 2 heterocycles. The Balaban J connectivity index is 1.91. The van der Waals surface area contributed by atoms with E-state index in [0.29, 0.717) is 12.7 Å². The van der Waals surface area contributed by atoms with E-state index in [1.807, 2.05) is 26.0 Å². The van der Waals surface area contributed by atoms with Crippen molar-refractivity contribution in [3.8, 4) is 5.88 Å². The van der Waals surface area contributed by atoms with Gasteiger partial charge in [0.1, 0.15) is 6.79 Å². The molecule has 1 aromatic rings. The molecule has 18 heavy (non-hydrogen) atoms. The quantitative estimate of drug-likeness (QED) is 0.869. The van der Waals surface area contributed by atoms with Gasteiger partial charge in [-0.2, -0.15) is 0 Å². The summed E-state index contributed by atoms with van der Waals surface area (Å²) in [5.74, 6) is 0.638. The monoisotopic (exact) mass is 252 g/mol. The van der Waals surface area contributed by atoms with Gasteiger partial charge in [0.15, 0.2) is 0 Å². The normalized spacial score (nSPS) is 19.8. The van der Waals surface area contributed by atoms with Crippen LogP contribution in [0.5, 0.6) is 5.88 Å². The summed E-state index contributed by atoms with van der Waals surface area (Å²) in [5, 5.41) is 3.32. The van der Waals surface area contributed by atoms with Gasteiger partial charge in [0.2, 0.25) is 5.88 Å². The number of hydrogen-bond donors (Lipinski definition) is 1. The first-order chi connectivity index (χ1) is 8.75. The minimum atomic E-state index is 0.111. The van der Waals surface area contributed by atoms with Crippen molar-refractivity contribution in [2.45, 2.75) is 32.5 Å². The van der Waals surface area contributed by atoms with Crippen molar-refractivity contribution < 1.29 is 14.2 Å². The molecule has 0 radical (unpaired) electrons. The summed E-state index contributed by atoms with van der Waals surface area (Å²) in [6.45, 7) is 5.85. The largest absolute Gasteiger partial charge is 0.473 e. The maximum atomic E-state index is 5.65. The lowest BCUT2D eigenvalue weighted by Gasteiger charge is -2.23. The number of pyridine rings is 1. The van der Waals surface area contributed by atoms with E-state index in [1.165, 1.54) is 0 Å². The molecular weight excluding hydrogens is 232 g/mol. The van der Waals surface area contributed by atoms with Crippen LogP contribution >= 0.6 is 0 Å². The van der Waals surface area contributed by atoms with Gasteiger partial charge in [-0.15, -0.1) is 0 Å². The van der Waals surface area contributed by atoms with Crippen molar-refractivity contribution in [2.24, 2.45) is 0 Å². The number of aromatic nitrogens is 1. The van der Waals surface area contributed by atoms with Crippen molar-refractivity contribution in [3.63, 3.8) is 0 Å². The molecule has 1 aliphatic rings. The van der Waals surface area contributed by atoms with Crippen LogP contribution in [0.4, 0.5) is 5.69 Å². The van der Waals surface area contributed by atoms with Crippen LogP contribution < -0.4 is 10.1 Å². The number of ether oxygens (including phenoxy) is 3. The molecule has 0 aliphatic carbocycles. The lowest BCUT2D eigenvalue weighted by molar-refractivity contribution is -0.133. The summed E-state index contributed by atoms with van der Waals surface area (Å²) in [6, 6.07) is 3.85. The average molecular weight is 252 g/mol. The van der Waals surface area contributed by atoms with Crippen LogP contribution in [-0.4, -0.2) is 37.1 Å². The predicted octanol–water partition coefficient (Wildman–Crippen LogP) is 2.04. The van der Waals surface area contributed by atoms with E-state index in [-0.39, 0.29) is 12.2 Å². The van der Waals surface area contributed by atoms with Gasteiger partial charge in [-0.3, -0.25) is 0 Å². The number of nitrogens with zero attached hydrogens (tertiary/aromatic N) is 1. The Morgan fingerprint density at radius 1 is 1.56 bits per heavy atom. The third-order valence-corrected chi connectivity index (χ3v) is 2.61. The molecular formula is C13H20N2O3. The second kappa shape index (κ2) is 6.56. The van der Waals surface area contributed by atoms with E-state index >= 15 is 0 Å². The zero-order valence-corrected chi connectivity index (χ0v) is 10.9. The van der Waals surface area contributed by atoms with Crippen LogP contribution in [0.2, 0.25) is 0 Å². The van der Waals surface area contributed by atoms with E-state index in [0.717, 1.165) is 25.3 Å². The minimum Gasteiger partial charge on any atom is -0.473 e. The first-order valence-electron chi connectivity index (χ1n) is 6.30. The summed E-state index contributed by atoms with van der Waals surface area (Å²) in [7, 11) is 0. The van der Waals surface area contributed by atoms with Gasteiger partial charge in [0.05, 0.1) is 24.5 Å². The Hall–Kier alpha value is -1.33. The number of anilines is 1. The molecule has 1 saturated heterocycles. The average Bonchev–Trinajstić information content (AvgIpc) is 2.38. The highest BCUT2D eigenvalue weighted by Crippen LogP contribution is 2.22. The summed E-state index contributed by atoms with van der Waals surface area (Å²) in [5.41, 5.74) is 0.904. The zero-order chi connectivity index (χ0) is 12.8. The molecule has 1 fully saturated rings. The summed E-state index contributed by atoms with van der Waals surface area (Å²) in [6.07, 6.45) is 2.94. The third-order valence-electron chi connectivity index (χ3n) is 2.61. The van der Waals surface area contributed by atoms with Crippen LogP contribution in [0.25, 0.3) is 0 Å². The van der Waals surface area contributed by atoms with E-state index in [2.05, 4.69) is 10.3 Å². The topological polar surface area (TPSA) is 52.6 Å². The maximum absolute atomic E-state index is 5.65. The minimum absolute atomic E-state index is 0.111. The highest BCUT2D eigenvalue weighted by molar-refractivity contribution is 5.52. The fourth-order valence-electron chi connectivity index (χ4n) is 1.73. The number of nitrogens with one attached hydrogen (secondary N) is 1. The van der Waals surface area contributed by atoms with Crippen molar-refractivity contribution in [1.82, 2.24) is 4.98 Å². The molecule has 100 valence electrons. The smallest absolute Gasteiger partial charge is 0.237 e. The maximum Gasteiger partial charge on any atom is 0.237 e. The van der Waals surface area contributed by atoms with Crippen LogP contribution in [0.1, 0.15) is 20.3 Å². The van der Waals surface area contributed by atoms with E-state index in [4.69, 9.17) is 14.2 Å². The van der Waals surface area contributed by atoms with Crippen molar-refractivity contribution in [3.05, 3.63) is 18.3 Å². The van der Waals surface area contributed by atoms with Gasteiger partial charge in [-0.1, -0.05) is 0 Å². The Bertz CT molecular complexity index is 365. The second-order valence-electron chi connectivity index (χ2n) is 4.51. The summed E-state index contributed by atoms with van der Waals surface area (Å²) >= 11 is 0. The summed E-state index contributed by atoms with van der Waals surface area (Å²) < 4.78 is 16.3. The number of rotatable bonds is 5. The van der Waals surface area contributed by atoms with Crippen LogP contribution in [0, 0.1) is 0 Å². The second-order valence-corrected chi connectivity index (χ2v) is 4.51. The van der Waals surface area contributed by atoms with Crippen LogP contribution in [0.15, 0.2) is 18.3 Å². The standard InChI is InChI=1S/C13H20N2O3/c1-10(2)18-13-12(4-3-6-14-13)15-8-11-5-7-16-9-17-11/h3-4,6,10-11,15H,5,7-9H2,1-2H3. The molecule has 2 rings (SSSR count). The van der Waals surface area contributed by atoms with Crippen LogP contribution in [-0.2, 0) is 9.47 Å². The third kappa shape index (κ3) is 3.85. The van der Waals surface area contributed by atoms with Gasteiger partial charge in [-0.25, -0.2) is 4.98 Å². The molecule has 0 amide bonds.